The van der Waals surface area contributed by atoms with Gasteiger partial charge in [-0.25, -0.2) is 4.98 Å². The maximum absolute atomic E-state index is 12.5. The molecule has 1 aromatic carbocycles. The van der Waals surface area contributed by atoms with Gasteiger partial charge in [0.2, 0.25) is 0 Å². The highest BCUT2D eigenvalue weighted by Gasteiger charge is 2.39. The van der Waals surface area contributed by atoms with Crippen molar-refractivity contribution >= 4 is 16.8 Å². The molecule has 1 aliphatic carbocycles. The van der Waals surface area contributed by atoms with Crippen molar-refractivity contribution in [3.63, 3.8) is 0 Å². The number of nitrogens with one attached hydrogen (secondary N) is 2. The largest absolute Gasteiger partial charge is 0.345 e. The Morgan fingerprint density at radius 1 is 1.35 bits per heavy atom. The number of carbonyl (C=O) groups excluding carboxylic acids is 1. The van der Waals surface area contributed by atoms with E-state index >= 15 is 0 Å². The summed E-state index contributed by atoms with van der Waals surface area (Å²) in [6.07, 6.45) is 3.37. The third-order valence-electron chi connectivity index (χ3n) is 5.18. The van der Waals surface area contributed by atoms with Crippen molar-refractivity contribution in [1.82, 2.24) is 20.2 Å². The molecule has 2 aliphatic heterocycles. The second-order valence-corrected chi connectivity index (χ2v) is 6.70. The maximum Gasteiger partial charge on any atom is 0.287 e. The van der Waals surface area contributed by atoms with Crippen LogP contribution >= 0.6 is 0 Å². The van der Waals surface area contributed by atoms with E-state index in [0.29, 0.717) is 22.9 Å². The molecule has 2 N–H and O–H groups in total. The van der Waals surface area contributed by atoms with E-state index in [1.807, 2.05) is 6.07 Å². The van der Waals surface area contributed by atoms with Gasteiger partial charge in [0, 0.05) is 18.6 Å². The van der Waals surface area contributed by atoms with Crippen LogP contribution in [-0.4, -0.2) is 46.5 Å². The molecular formula is C17H20N4O2. The standard InChI is InChI=1S/C17H20N4O2/c1-21-9-10-6-7-14(21)13(8-10)19-17(23)15-18-12-5-3-2-4-11(12)16(22)20-15/h2-5,10,13-14H,6-9H2,1H3,(H,19,23)(H,18,20,22). The van der Waals surface area contributed by atoms with Gasteiger partial charge >= 0.3 is 0 Å². The minimum Gasteiger partial charge on any atom is -0.345 e. The molecule has 3 fully saturated rings. The number of nitrogens with zero attached hydrogens (tertiary/aromatic N) is 2. The number of carbonyl (C=O) groups is 1. The second-order valence-electron chi connectivity index (χ2n) is 6.70. The molecule has 6 heteroatoms. The Kier molecular flexibility index (Phi) is 3.41. The summed E-state index contributed by atoms with van der Waals surface area (Å²) in [5.74, 6) is 0.454. The van der Waals surface area contributed by atoms with Crippen LogP contribution in [-0.2, 0) is 0 Å². The number of piperidine rings is 2. The second kappa shape index (κ2) is 5.45. The Balaban J connectivity index is 1.59. The van der Waals surface area contributed by atoms with Gasteiger partial charge in [0.1, 0.15) is 0 Å². The summed E-state index contributed by atoms with van der Waals surface area (Å²) in [6.45, 7) is 1.11. The summed E-state index contributed by atoms with van der Waals surface area (Å²) in [7, 11) is 2.12. The molecule has 23 heavy (non-hydrogen) atoms. The Bertz CT molecular complexity index is 816. The quantitative estimate of drug-likeness (QED) is 0.871. The Morgan fingerprint density at radius 3 is 2.96 bits per heavy atom. The van der Waals surface area contributed by atoms with E-state index in [9.17, 15) is 9.59 Å². The molecule has 1 amide bonds. The molecule has 2 bridgehead atoms. The highest BCUT2D eigenvalue weighted by atomic mass is 16.2. The van der Waals surface area contributed by atoms with Gasteiger partial charge in [-0.2, -0.15) is 0 Å². The molecule has 3 atom stereocenters. The smallest absolute Gasteiger partial charge is 0.287 e. The predicted molar refractivity (Wildman–Crippen MR) is 87.4 cm³/mol. The summed E-state index contributed by atoms with van der Waals surface area (Å²) >= 11 is 0. The fourth-order valence-electron chi connectivity index (χ4n) is 4.06. The van der Waals surface area contributed by atoms with E-state index in [1.54, 1.807) is 18.2 Å². The van der Waals surface area contributed by atoms with Gasteiger partial charge in [0.15, 0.2) is 5.82 Å². The average Bonchev–Trinajstić information content (AvgIpc) is 2.55. The number of amides is 1. The van der Waals surface area contributed by atoms with Gasteiger partial charge < -0.3 is 15.2 Å². The normalized spacial score (nSPS) is 27.3. The van der Waals surface area contributed by atoms with Crippen molar-refractivity contribution in [2.45, 2.75) is 31.3 Å². The molecule has 1 aromatic heterocycles. The van der Waals surface area contributed by atoms with Gasteiger partial charge in [0.25, 0.3) is 11.5 Å². The van der Waals surface area contributed by atoms with Crippen LogP contribution in [0.2, 0.25) is 0 Å². The molecule has 0 spiro atoms. The lowest BCUT2D eigenvalue weighted by Gasteiger charge is -2.48. The van der Waals surface area contributed by atoms with E-state index < -0.39 is 0 Å². The third kappa shape index (κ3) is 2.53. The van der Waals surface area contributed by atoms with Crippen LogP contribution in [0.1, 0.15) is 29.9 Å². The summed E-state index contributed by atoms with van der Waals surface area (Å²) in [5.41, 5.74) is 0.270. The Labute approximate surface area is 133 Å². The highest BCUT2D eigenvalue weighted by molar-refractivity contribution is 5.92. The van der Waals surface area contributed by atoms with Crippen molar-refractivity contribution in [2.75, 3.05) is 13.6 Å². The molecule has 0 radical (unpaired) electrons. The van der Waals surface area contributed by atoms with Crippen LogP contribution in [0.25, 0.3) is 10.9 Å². The fourth-order valence-corrected chi connectivity index (χ4v) is 4.06. The van der Waals surface area contributed by atoms with Crippen LogP contribution in [0.15, 0.2) is 29.1 Å². The van der Waals surface area contributed by atoms with E-state index in [2.05, 4.69) is 27.2 Å². The number of benzene rings is 1. The number of hydrogen-bond donors (Lipinski definition) is 2. The Morgan fingerprint density at radius 2 is 2.17 bits per heavy atom. The molecule has 3 aliphatic rings. The third-order valence-corrected chi connectivity index (χ3v) is 5.18. The lowest BCUT2D eigenvalue weighted by Crippen LogP contribution is -2.59. The molecular weight excluding hydrogens is 292 g/mol. The number of H-pyrrole nitrogens is 1. The lowest BCUT2D eigenvalue weighted by molar-refractivity contribution is 0.0374. The van der Waals surface area contributed by atoms with Crippen molar-refractivity contribution in [3.05, 3.63) is 40.4 Å². The maximum atomic E-state index is 12.5. The van der Waals surface area contributed by atoms with E-state index in [-0.39, 0.29) is 23.3 Å². The van der Waals surface area contributed by atoms with E-state index in [4.69, 9.17) is 0 Å². The number of likely N-dealkylation sites (N-methyl/N-ethyl adjacent to an activating group) is 1. The summed E-state index contributed by atoms with van der Waals surface area (Å²) in [6, 6.07) is 7.57. The van der Waals surface area contributed by atoms with Gasteiger partial charge in [-0.3, -0.25) is 9.59 Å². The Hall–Kier alpha value is -2.21. The van der Waals surface area contributed by atoms with E-state index in [0.717, 1.165) is 19.4 Å². The number of hydrogen-bond acceptors (Lipinski definition) is 4. The fraction of sp³-hybridized carbons (Fsp3) is 0.471. The number of aromatic nitrogens is 2. The molecule has 5 rings (SSSR count). The van der Waals surface area contributed by atoms with Crippen LogP contribution in [0.3, 0.4) is 0 Å². The molecule has 1 saturated carbocycles. The summed E-state index contributed by atoms with van der Waals surface area (Å²) in [4.78, 5) is 33.9. The van der Waals surface area contributed by atoms with Gasteiger partial charge in [-0.15, -0.1) is 0 Å². The first-order valence-corrected chi connectivity index (χ1v) is 8.12. The summed E-state index contributed by atoms with van der Waals surface area (Å²) < 4.78 is 0. The SMILES string of the molecule is CN1CC2CCC1C(NC(=O)c1nc3ccccc3c(=O)[nH]1)C2. The van der Waals surface area contributed by atoms with Gasteiger partial charge in [0.05, 0.1) is 10.9 Å². The van der Waals surface area contributed by atoms with Gasteiger partial charge in [-0.1, -0.05) is 12.1 Å². The molecule has 2 aromatic rings. The average molecular weight is 312 g/mol. The molecule has 3 heterocycles. The van der Waals surface area contributed by atoms with Crippen LogP contribution in [0.5, 0.6) is 0 Å². The zero-order valence-electron chi connectivity index (χ0n) is 13.1. The first-order valence-electron chi connectivity index (χ1n) is 8.12. The minimum absolute atomic E-state index is 0.0952. The number of rotatable bonds is 2. The first-order chi connectivity index (χ1) is 11.1. The minimum atomic E-state index is -0.293. The van der Waals surface area contributed by atoms with Crippen LogP contribution < -0.4 is 10.9 Å². The van der Waals surface area contributed by atoms with Crippen molar-refractivity contribution in [2.24, 2.45) is 5.92 Å². The topological polar surface area (TPSA) is 78.1 Å². The molecule has 6 nitrogen and oxygen atoms in total. The molecule has 2 saturated heterocycles. The highest BCUT2D eigenvalue weighted by Crippen LogP contribution is 2.34. The van der Waals surface area contributed by atoms with Crippen molar-refractivity contribution in [3.8, 4) is 0 Å². The number of para-hydroxylation sites is 1. The zero-order valence-corrected chi connectivity index (χ0v) is 13.1. The molecule has 3 unspecified atom stereocenters. The van der Waals surface area contributed by atoms with Crippen LogP contribution in [0, 0.1) is 5.92 Å². The number of aromatic amines is 1. The van der Waals surface area contributed by atoms with E-state index in [1.165, 1.54) is 6.42 Å². The van der Waals surface area contributed by atoms with Crippen LogP contribution in [0.4, 0.5) is 0 Å². The predicted octanol–water partition coefficient (Wildman–Crippen LogP) is 1.14. The van der Waals surface area contributed by atoms with Crippen molar-refractivity contribution in [1.29, 1.82) is 0 Å². The first kappa shape index (κ1) is 14.4. The van der Waals surface area contributed by atoms with Crippen molar-refractivity contribution < 1.29 is 4.79 Å². The number of fused-ring (bicyclic) bond motifs is 4. The monoisotopic (exact) mass is 312 g/mol. The van der Waals surface area contributed by atoms with Gasteiger partial charge in [-0.05, 0) is 44.4 Å². The lowest BCUT2D eigenvalue weighted by atomic mass is 9.77. The zero-order chi connectivity index (χ0) is 16.0. The summed E-state index contributed by atoms with van der Waals surface area (Å²) in [5, 5.41) is 3.58. The molecule has 120 valence electrons.